The van der Waals surface area contributed by atoms with Crippen molar-refractivity contribution in [1.29, 1.82) is 0 Å². The lowest BCUT2D eigenvalue weighted by Gasteiger charge is -2.32. The highest BCUT2D eigenvalue weighted by atomic mass is 16.5. The Morgan fingerprint density at radius 1 is 1.38 bits per heavy atom. The molecule has 146 valence electrons. The van der Waals surface area contributed by atoms with Gasteiger partial charge >= 0.3 is 0 Å². The second kappa shape index (κ2) is 10.2. The molecular formula is C21H34N2O3. The normalized spacial score (nSPS) is 13.6. The van der Waals surface area contributed by atoms with Gasteiger partial charge in [0.2, 0.25) is 0 Å². The SMILES string of the molecule is C=C/C(O)=c1\c(=C)cc(C(=O)N(C(C)C)[C@H](C)CC)n1CCCCOC. The zero-order chi connectivity index (χ0) is 19.9. The summed E-state index contributed by atoms with van der Waals surface area (Å²) in [6.45, 7) is 17.1. The minimum atomic E-state index is -0.0332. The van der Waals surface area contributed by atoms with Gasteiger partial charge in [-0.3, -0.25) is 4.79 Å². The molecule has 1 atom stereocenters. The quantitative estimate of drug-likeness (QED) is 0.651. The van der Waals surface area contributed by atoms with Crippen LogP contribution in [0.15, 0.2) is 18.7 Å². The molecule has 0 fully saturated rings. The molecule has 0 saturated heterocycles. The third kappa shape index (κ3) is 5.01. The van der Waals surface area contributed by atoms with Crippen molar-refractivity contribution in [2.45, 2.75) is 65.6 Å². The average Bonchev–Trinajstić information content (AvgIpc) is 2.93. The molecule has 0 aromatic carbocycles. The van der Waals surface area contributed by atoms with Gasteiger partial charge in [-0.2, -0.15) is 0 Å². The highest BCUT2D eigenvalue weighted by Gasteiger charge is 2.26. The van der Waals surface area contributed by atoms with Crippen LogP contribution in [-0.4, -0.2) is 46.3 Å². The summed E-state index contributed by atoms with van der Waals surface area (Å²) in [5, 5.41) is 11.5. The van der Waals surface area contributed by atoms with Crippen LogP contribution >= 0.6 is 0 Å². The maximum Gasteiger partial charge on any atom is 0.270 e. The van der Waals surface area contributed by atoms with Crippen molar-refractivity contribution < 1.29 is 14.6 Å². The third-order valence-corrected chi connectivity index (χ3v) is 4.67. The standard InChI is InChI=1S/C21H34N2O3/c1-8-17(6)23(15(3)4)21(25)18-14-16(5)20(19(24)9-2)22(18)12-10-11-13-26-7/h9,14-15,17,24H,2,5,8,10-13H2,1,3-4,6-7H3/b20-19-/t17-/m1/s1. The van der Waals surface area contributed by atoms with Crippen LogP contribution in [0.1, 0.15) is 57.4 Å². The Balaban J connectivity index is 3.43. The van der Waals surface area contributed by atoms with Gasteiger partial charge in [-0.1, -0.05) is 20.1 Å². The number of unbranched alkanes of at least 4 members (excludes halogenated alkanes) is 1. The molecule has 0 aliphatic rings. The second-order valence-corrected chi connectivity index (χ2v) is 6.91. The van der Waals surface area contributed by atoms with Gasteiger partial charge < -0.3 is 19.3 Å². The van der Waals surface area contributed by atoms with Crippen LogP contribution < -0.4 is 10.6 Å². The van der Waals surface area contributed by atoms with Crippen molar-refractivity contribution in [1.82, 2.24) is 9.47 Å². The number of amides is 1. The lowest BCUT2D eigenvalue weighted by Crippen LogP contribution is -2.44. The predicted molar refractivity (Wildman–Crippen MR) is 108 cm³/mol. The van der Waals surface area contributed by atoms with E-state index in [4.69, 9.17) is 4.74 Å². The lowest BCUT2D eigenvalue weighted by molar-refractivity contribution is 0.0609. The number of rotatable bonds is 10. The largest absolute Gasteiger partial charge is 0.506 e. The fraction of sp³-hybridized carbons (Fsp3) is 0.571. The van der Waals surface area contributed by atoms with Crippen LogP contribution in [-0.2, 0) is 11.3 Å². The Hall–Kier alpha value is -2.01. The van der Waals surface area contributed by atoms with Crippen molar-refractivity contribution in [3.05, 3.63) is 35.0 Å². The van der Waals surface area contributed by atoms with Crippen molar-refractivity contribution >= 4 is 18.2 Å². The number of aliphatic hydroxyl groups excluding tert-OH is 1. The molecule has 26 heavy (non-hydrogen) atoms. The monoisotopic (exact) mass is 362 g/mol. The lowest BCUT2D eigenvalue weighted by atomic mass is 10.1. The maximum atomic E-state index is 13.3. The first-order chi connectivity index (χ1) is 12.3. The number of nitrogens with zero attached hydrogens (tertiary/aromatic N) is 2. The number of aliphatic hydroxyl groups is 1. The van der Waals surface area contributed by atoms with Crippen molar-refractivity contribution in [3.8, 4) is 0 Å². The molecule has 5 nitrogen and oxygen atoms in total. The van der Waals surface area contributed by atoms with E-state index in [1.165, 1.54) is 6.08 Å². The average molecular weight is 363 g/mol. The molecule has 5 heteroatoms. The van der Waals surface area contributed by atoms with Gasteiger partial charge in [0.1, 0.15) is 11.5 Å². The van der Waals surface area contributed by atoms with Gasteiger partial charge in [-0.15, -0.1) is 0 Å². The number of carbonyl (C=O) groups excluding carboxylic acids is 1. The highest BCUT2D eigenvalue weighted by Crippen LogP contribution is 2.14. The Bertz CT molecular complexity index is 718. The molecule has 1 aromatic heterocycles. The molecular weight excluding hydrogens is 328 g/mol. The fourth-order valence-electron chi connectivity index (χ4n) is 3.20. The van der Waals surface area contributed by atoms with Gasteiger partial charge in [-0.25, -0.2) is 0 Å². The van der Waals surface area contributed by atoms with E-state index in [0.29, 0.717) is 29.4 Å². The molecule has 1 amide bonds. The summed E-state index contributed by atoms with van der Waals surface area (Å²) >= 11 is 0. The third-order valence-electron chi connectivity index (χ3n) is 4.67. The Morgan fingerprint density at radius 2 is 2.04 bits per heavy atom. The molecule has 0 aliphatic heterocycles. The van der Waals surface area contributed by atoms with E-state index in [-0.39, 0.29) is 23.8 Å². The molecule has 1 rings (SSSR count). The van der Waals surface area contributed by atoms with Crippen LogP contribution in [0.5, 0.6) is 0 Å². The fourth-order valence-corrected chi connectivity index (χ4v) is 3.20. The first-order valence-corrected chi connectivity index (χ1v) is 9.35. The van der Waals surface area contributed by atoms with E-state index >= 15 is 0 Å². The molecule has 0 radical (unpaired) electrons. The summed E-state index contributed by atoms with van der Waals surface area (Å²) in [4.78, 5) is 15.2. The molecule has 1 N–H and O–H groups in total. The van der Waals surface area contributed by atoms with E-state index in [1.54, 1.807) is 13.2 Å². The number of hydrogen-bond donors (Lipinski definition) is 1. The Morgan fingerprint density at radius 3 is 2.54 bits per heavy atom. The molecule has 0 bridgehead atoms. The number of ether oxygens (including phenoxy) is 1. The first-order valence-electron chi connectivity index (χ1n) is 9.35. The Kier molecular flexibility index (Phi) is 8.66. The summed E-state index contributed by atoms with van der Waals surface area (Å²) in [6, 6.07) is 1.99. The molecule has 0 unspecified atom stereocenters. The summed E-state index contributed by atoms with van der Waals surface area (Å²) in [5.41, 5.74) is 0.560. The van der Waals surface area contributed by atoms with E-state index in [0.717, 1.165) is 19.3 Å². The van der Waals surface area contributed by atoms with E-state index in [9.17, 15) is 9.90 Å². The number of carbonyl (C=O) groups is 1. The van der Waals surface area contributed by atoms with E-state index in [1.807, 2.05) is 23.3 Å². The van der Waals surface area contributed by atoms with Crippen LogP contribution in [0.25, 0.3) is 12.3 Å². The molecule has 0 aliphatic carbocycles. The van der Waals surface area contributed by atoms with Gasteiger partial charge in [0.05, 0.1) is 5.35 Å². The zero-order valence-corrected chi connectivity index (χ0v) is 16.9. The number of aromatic nitrogens is 1. The first kappa shape index (κ1) is 22.0. The Labute approximate surface area is 157 Å². The summed E-state index contributed by atoms with van der Waals surface area (Å²) in [6.07, 6.45) is 3.98. The van der Waals surface area contributed by atoms with Crippen LogP contribution in [0, 0.1) is 0 Å². The minimum Gasteiger partial charge on any atom is -0.506 e. The molecule has 0 saturated carbocycles. The van der Waals surface area contributed by atoms with Crippen LogP contribution in [0.3, 0.4) is 0 Å². The van der Waals surface area contributed by atoms with Gasteiger partial charge in [0, 0.05) is 32.3 Å². The minimum absolute atomic E-state index is 0.0332. The van der Waals surface area contributed by atoms with Crippen molar-refractivity contribution in [3.63, 3.8) is 0 Å². The van der Waals surface area contributed by atoms with Crippen molar-refractivity contribution in [2.24, 2.45) is 0 Å². The zero-order valence-electron chi connectivity index (χ0n) is 16.9. The van der Waals surface area contributed by atoms with Gasteiger partial charge in [-0.05, 0) is 57.4 Å². The van der Waals surface area contributed by atoms with E-state index < -0.39 is 0 Å². The number of hydrogen-bond acceptors (Lipinski definition) is 3. The smallest absolute Gasteiger partial charge is 0.270 e. The highest BCUT2D eigenvalue weighted by molar-refractivity contribution is 5.93. The summed E-state index contributed by atoms with van der Waals surface area (Å²) in [5.74, 6) is 0.00883. The molecule has 1 aromatic rings. The molecule has 1 heterocycles. The van der Waals surface area contributed by atoms with Gasteiger partial charge in [0.15, 0.2) is 0 Å². The predicted octanol–water partition coefficient (Wildman–Crippen LogP) is 2.83. The van der Waals surface area contributed by atoms with Crippen LogP contribution in [0.4, 0.5) is 0 Å². The maximum absolute atomic E-state index is 13.3. The second-order valence-electron chi connectivity index (χ2n) is 6.91. The molecule has 0 spiro atoms. The van der Waals surface area contributed by atoms with Crippen molar-refractivity contribution in [2.75, 3.05) is 13.7 Å². The van der Waals surface area contributed by atoms with Crippen LogP contribution in [0.2, 0.25) is 0 Å². The van der Waals surface area contributed by atoms with Gasteiger partial charge in [0.25, 0.3) is 5.91 Å². The summed E-state index contributed by atoms with van der Waals surface area (Å²) < 4.78 is 6.98. The number of methoxy groups -OCH3 is 1. The topological polar surface area (TPSA) is 54.7 Å². The van der Waals surface area contributed by atoms with E-state index in [2.05, 4.69) is 27.0 Å². The summed E-state index contributed by atoms with van der Waals surface area (Å²) in [7, 11) is 1.67.